The quantitative estimate of drug-likeness (QED) is 0.847. The molecule has 0 amide bonds. The monoisotopic (exact) mass is 276 g/mol. The van der Waals surface area contributed by atoms with E-state index in [1.54, 1.807) is 6.20 Å². The maximum atomic E-state index is 5.80. The highest BCUT2D eigenvalue weighted by atomic mass is 16.5. The van der Waals surface area contributed by atoms with Gasteiger partial charge in [0.1, 0.15) is 6.10 Å². The lowest BCUT2D eigenvalue weighted by Crippen LogP contribution is -2.40. The third kappa shape index (κ3) is 3.60. The van der Waals surface area contributed by atoms with Gasteiger partial charge in [-0.2, -0.15) is 0 Å². The van der Waals surface area contributed by atoms with E-state index < -0.39 is 0 Å². The molecule has 3 rings (SSSR count). The van der Waals surface area contributed by atoms with Gasteiger partial charge in [0.05, 0.1) is 13.2 Å². The summed E-state index contributed by atoms with van der Waals surface area (Å²) in [5.41, 5.74) is 1.13. The largest absolute Gasteiger partial charge is 0.472 e. The number of aromatic nitrogens is 1. The molecule has 1 fully saturated rings. The smallest absolute Gasteiger partial charge is 0.213 e. The molecule has 2 aliphatic heterocycles. The number of ether oxygens (including phenoxy) is 2. The average Bonchev–Trinajstić information content (AvgIpc) is 3.00. The number of hydrogen-bond acceptors (Lipinski definition) is 6. The Morgan fingerprint density at radius 3 is 3.30 bits per heavy atom. The van der Waals surface area contributed by atoms with Crippen molar-refractivity contribution in [1.29, 1.82) is 0 Å². The molecule has 1 aromatic rings. The molecule has 0 aromatic carbocycles. The Labute approximate surface area is 118 Å². The lowest BCUT2D eigenvalue weighted by Gasteiger charge is -2.16. The highest BCUT2D eigenvalue weighted by molar-refractivity contribution is 5.80. The van der Waals surface area contributed by atoms with E-state index in [1.165, 1.54) is 0 Å². The Kier molecular flexibility index (Phi) is 4.32. The summed E-state index contributed by atoms with van der Waals surface area (Å²) in [5, 5.41) is 6.53. The summed E-state index contributed by atoms with van der Waals surface area (Å²) in [6.45, 7) is 4.02. The molecule has 2 aliphatic rings. The number of hydrogen-bond donors (Lipinski definition) is 2. The molecule has 2 N–H and O–H groups in total. The molecule has 1 unspecified atom stereocenters. The summed E-state index contributed by atoms with van der Waals surface area (Å²) < 4.78 is 11.1. The maximum Gasteiger partial charge on any atom is 0.213 e. The van der Waals surface area contributed by atoms with Gasteiger partial charge in [-0.25, -0.2) is 4.98 Å². The van der Waals surface area contributed by atoms with Crippen molar-refractivity contribution in [3.05, 3.63) is 23.9 Å². The van der Waals surface area contributed by atoms with Gasteiger partial charge in [0.25, 0.3) is 0 Å². The zero-order valence-corrected chi connectivity index (χ0v) is 11.5. The third-order valence-corrected chi connectivity index (χ3v) is 3.33. The van der Waals surface area contributed by atoms with E-state index in [1.807, 2.05) is 12.1 Å². The fraction of sp³-hybridized carbons (Fsp3) is 0.571. The predicted octanol–water partition coefficient (Wildman–Crippen LogP) is 0.688. The van der Waals surface area contributed by atoms with Crippen LogP contribution in [0, 0.1) is 0 Å². The molecule has 0 saturated carbocycles. The first kappa shape index (κ1) is 13.2. The second-order valence-electron chi connectivity index (χ2n) is 4.97. The van der Waals surface area contributed by atoms with Crippen molar-refractivity contribution in [3.8, 4) is 5.88 Å². The molecule has 0 bridgehead atoms. The molecular formula is C14H20N4O2. The van der Waals surface area contributed by atoms with Crippen molar-refractivity contribution in [1.82, 2.24) is 15.6 Å². The van der Waals surface area contributed by atoms with E-state index in [-0.39, 0.29) is 6.10 Å². The molecule has 1 saturated heterocycles. The van der Waals surface area contributed by atoms with Crippen molar-refractivity contribution in [2.45, 2.75) is 25.5 Å². The van der Waals surface area contributed by atoms with Crippen molar-refractivity contribution < 1.29 is 9.47 Å². The van der Waals surface area contributed by atoms with Crippen LogP contribution in [0.25, 0.3) is 0 Å². The van der Waals surface area contributed by atoms with Gasteiger partial charge in [-0.1, -0.05) is 0 Å². The SMILES string of the molecule is c1cc(CNC2=NCCCN2)cc(OC2CCOC2)n1. The summed E-state index contributed by atoms with van der Waals surface area (Å²) in [7, 11) is 0. The number of pyridine rings is 1. The minimum atomic E-state index is 0.134. The van der Waals surface area contributed by atoms with Gasteiger partial charge in [0.2, 0.25) is 5.88 Å². The third-order valence-electron chi connectivity index (χ3n) is 3.33. The van der Waals surface area contributed by atoms with Gasteiger partial charge >= 0.3 is 0 Å². The van der Waals surface area contributed by atoms with E-state index in [4.69, 9.17) is 9.47 Å². The molecule has 0 spiro atoms. The topological polar surface area (TPSA) is 67.8 Å². The molecule has 0 aliphatic carbocycles. The first-order chi connectivity index (χ1) is 9.90. The Morgan fingerprint density at radius 2 is 2.50 bits per heavy atom. The Bertz CT molecular complexity index is 472. The Balaban J connectivity index is 1.54. The van der Waals surface area contributed by atoms with Gasteiger partial charge in [0.15, 0.2) is 5.96 Å². The first-order valence-electron chi connectivity index (χ1n) is 7.12. The lowest BCUT2D eigenvalue weighted by atomic mass is 10.2. The molecule has 1 aromatic heterocycles. The van der Waals surface area contributed by atoms with Crippen LogP contribution >= 0.6 is 0 Å². The van der Waals surface area contributed by atoms with Crippen LogP contribution in [0.1, 0.15) is 18.4 Å². The number of nitrogens with zero attached hydrogens (tertiary/aromatic N) is 2. The van der Waals surface area contributed by atoms with Crippen LogP contribution in [0.2, 0.25) is 0 Å². The standard InChI is InChI=1S/C14H20N4O2/c1-4-16-14(17-5-1)18-9-11-2-6-15-13(8-11)20-12-3-7-19-10-12/h2,6,8,12H,1,3-5,7,9-10H2,(H2,16,17,18). The number of nitrogens with one attached hydrogen (secondary N) is 2. The van der Waals surface area contributed by atoms with Crippen LogP contribution in [0.15, 0.2) is 23.3 Å². The fourth-order valence-electron chi connectivity index (χ4n) is 2.24. The van der Waals surface area contributed by atoms with Gasteiger partial charge in [-0.15, -0.1) is 0 Å². The molecule has 108 valence electrons. The summed E-state index contributed by atoms with van der Waals surface area (Å²) >= 11 is 0. The van der Waals surface area contributed by atoms with Gasteiger partial charge in [0, 0.05) is 38.3 Å². The summed E-state index contributed by atoms with van der Waals surface area (Å²) in [4.78, 5) is 8.63. The lowest BCUT2D eigenvalue weighted by molar-refractivity contribution is 0.138. The minimum absolute atomic E-state index is 0.134. The van der Waals surface area contributed by atoms with Gasteiger partial charge in [-0.05, 0) is 18.1 Å². The van der Waals surface area contributed by atoms with E-state index in [0.29, 0.717) is 19.0 Å². The summed E-state index contributed by atoms with van der Waals surface area (Å²) in [5.74, 6) is 1.54. The second kappa shape index (κ2) is 6.56. The van der Waals surface area contributed by atoms with E-state index >= 15 is 0 Å². The van der Waals surface area contributed by atoms with Crippen molar-refractivity contribution in [3.63, 3.8) is 0 Å². The molecule has 6 nitrogen and oxygen atoms in total. The highest BCUT2D eigenvalue weighted by Crippen LogP contribution is 2.15. The predicted molar refractivity (Wildman–Crippen MR) is 75.9 cm³/mol. The molecule has 1 atom stereocenters. The minimum Gasteiger partial charge on any atom is -0.472 e. The molecule has 20 heavy (non-hydrogen) atoms. The number of rotatable bonds is 4. The first-order valence-corrected chi connectivity index (χ1v) is 7.12. The van der Waals surface area contributed by atoms with Crippen molar-refractivity contribution in [2.75, 3.05) is 26.3 Å². The molecule has 6 heteroatoms. The van der Waals surface area contributed by atoms with E-state index in [2.05, 4.69) is 20.6 Å². The molecule has 3 heterocycles. The number of aliphatic imine (C=N–C) groups is 1. The van der Waals surface area contributed by atoms with Crippen LogP contribution in [0.5, 0.6) is 5.88 Å². The fourth-order valence-corrected chi connectivity index (χ4v) is 2.24. The van der Waals surface area contributed by atoms with E-state index in [9.17, 15) is 0 Å². The molecule has 0 radical (unpaired) electrons. The van der Waals surface area contributed by atoms with Crippen LogP contribution in [-0.4, -0.2) is 43.4 Å². The van der Waals surface area contributed by atoms with Gasteiger partial charge in [-0.3, -0.25) is 4.99 Å². The maximum absolute atomic E-state index is 5.80. The summed E-state index contributed by atoms with van der Waals surface area (Å²) in [6, 6.07) is 3.95. The zero-order valence-electron chi connectivity index (χ0n) is 11.5. The van der Waals surface area contributed by atoms with Gasteiger partial charge < -0.3 is 20.1 Å². The second-order valence-corrected chi connectivity index (χ2v) is 4.97. The van der Waals surface area contributed by atoms with Crippen LogP contribution in [-0.2, 0) is 11.3 Å². The molecular weight excluding hydrogens is 256 g/mol. The zero-order chi connectivity index (χ0) is 13.6. The normalized spacial score (nSPS) is 22.0. The average molecular weight is 276 g/mol. The highest BCUT2D eigenvalue weighted by Gasteiger charge is 2.17. The Morgan fingerprint density at radius 1 is 1.50 bits per heavy atom. The van der Waals surface area contributed by atoms with Crippen LogP contribution in [0.4, 0.5) is 0 Å². The Hall–Kier alpha value is -1.82. The van der Waals surface area contributed by atoms with Crippen molar-refractivity contribution in [2.24, 2.45) is 4.99 Å². The number of guanidine groups is 1. The van der Waals surface area contributed by atoms with Crippen molar-refractivity contribution >= 4 is 5.96 Å². The van der Waals surface area contributed by atoms with Crippen LogP contribution in [0.3, 0.4) is 0 Å². The summed E-state index contributed by atoms with van der Waals surface area (Å²) in [6.07, 6.45) is 3.94. The van der Waals surface area contributed by atoms with Crippen LogP contribution < -0.4 is 15.4 Å². The van der Waals surface area contributed by atoms with E-state index in [0.717, 1.165) is 44.1 Å².